The fourth-order valence-corrected chi connectivity index (χ4v) is 2.68. The van der Waals surface area contributed by atoms with E-state index >= 15 is 0 Å². The molecule has 3 aromatic rings. The molecule has 1 aromatic heterocycles. The van der Waals surface area contributed by atoms with Crippen molar-refractivity contribution in [2.75, 3.05) is 0 Å². The second kappa shape index (κ2) is 7.61. The third-order valence-electron chi connectivity index (χ3n) is 4.35. The van der Waals surface area contributed by atoms with E-state index in [-0.39, 0.29) is 6.61 Å². The fourth-order valence-electron chi connectivity index (χ4n) is 2.68. The van der Waals surface area contributed by atoms with Gasteiger partial charge < -0.3 is 13.9 Å². The first kappa shape index (κ1) is 18.6. The molecule has 2 aromatic carbocycles. The van der Waals surface area contributed by atoms with E-state index in [9.17, 15) is 14.0 Å². The molecule has 0 bridgehead atoms. The van der Waals surface area contributed by atoms with Crippen molar-refractivity contribution in [3.8, 4) is 5.75 Å². The zero-order chi connectivity index (χ0) is 19.6. The normalized spacial score (nSPS) is 12.0. The minimum absolute atomic E-state index is 0.0828. The fraction of sp³-hybridized carbons (Fsp3) is 0.238. The molecule has 0 aliphatic heterocycles. The van der Waals surface area contributed by atoms with Crippen LogP contribution in [0.4, 0.5) is 4.39 Å². The van der Waals surface area contributed by atoms with Crippen LogP contribution >= 0.6 is 0 Å². The summed E-state index contributed by atoms with van der Waals surface area (Å²) in [6.07, 6.45) is -0.883. The zero-order valence-corrected chi connectivity index (χ0v) is 15.2. The summed E-state index contributed by atoms with van der Waals surface area (Å²) in [6, 6.07) is 10.4. The molecule has 0 amide bonds. The lowest BCUT2D eigenvalue weighted by Gasteiger charge is -2.15. The predicted octanol–water partition coefficient (Wildman–Crippen LogP) is 4.06. The standard InChI is InChI=1S/C21H19FO5/c1-12-4-9-18-15(10-19(23)27-20(18)13(12)2)11-25-21(24)14(3)26-17-7-5-16(22)6-8-17/h4-10,14H,11H2,1-3H3/t14-/m0/s1. The van der Waals surface area contributed by atoms with E-state index in [1.165, 1.54) is 37.3 Å². The van der Waals surface area contributed by atoms with Crippen LogP contribution < -0.4 is 10.4 Å². The van der Waals surface area contributed by atoms with Gasteiger partial charge in [0.05, 0.1) is 0 Å². The van der Waals surface area contributed by atoms with E-state index in [0.717, 1.165) is 16.5 Å². The van der Waals surface area contributed by atoms with Crippen LogP contribution in [0.2, 0.25) is 0 Å². The molecule has 0 saturated heterocycles. The van der Waals surface area contributed by atoms with Crippen molar-refractivity contribution < 1.29 is 23.1 Å². The van der Waals surface area contributed by atoms with Crippen LogP contribution in [0.1, 0.15) is 23.6 Å². The van der Waals surface area contributed by atoms with Crippen LogP contribution in [0, 0.1) is 19.7 Å². The van der Waals surface area contributed by atoms with Gasteiger partial charge in [0.15, 0.2) is 6.10 Å². The maximum atomic E-state index is 12.9. The number of hydrogen-bond donors (Lipinski definition) is 0. The Labute approximate surface area is 155 Å². The number of rotatable bonds is 5. The number of hydrogen-bond acceptors (Lipinski definition) is 5. The molecule has 5 nitrogen and oxygen atoms in total. The molecule has 0 N–H and O–H groups in total. The third kappa shape index (κ3) is 4.16. The summed E-state index contributed by atoms with van der Waals surface area (Å²) in [5.41, 5.74) is 2.42. The van der Waals surface area contributed by atoms with Crippen molar-refractivity contribution in [3.05, 3.63) is 75.4 Å². The van der Waals surface area contributed by atoms with Crippen molar-refractivity contribution in [3.63, 3.8) is 0 Å². The summed E-state index contributed by atoms with van der Waals surface area (Å²) in [7, 11) is 0. The Morgan fingerprint density at radius 2 is 1.85 bits per heavy atom. The number of esters is 1. The highest BCUT2D eigenvalue weighted by atomic mass is 19.1. The Morgan fingerprint density at radius 3 is 2.56 bits per heavy atom. The predicted molar refractivity (Wildman–Crippen MR) is 98.2 cm³/mol. The molecule has 0 aliphatic rings. The van der Waals surface area contributed by atoms with Crippen molar-refractivity contribution in [2.24, 2.45) is 0 Å². The van der Waals surface area contributed by atoms with Crippen molar-refractivity contribution >= 4 is 16.9 Å². The van der Waals surface area contributed by atoms with Crippen LogP contribution in [0.15, 0.2) is 51.7 Å². The maximum absolute atomic E-state index is 12.9. The lowest BCUT2D eigenvalue weighted by molar-refractivity contribution is -0.152. The monoisotopic (exact) mass is 370 g/mol. The average molecular weight is 370 g/mol. The Balaban J connectivity index is 1.74. The smallest absolute Gasteiger partial charge is 0.347 e. The average Bonchev–Trinajstić information content (AvgIpc) is 2.64. The first-order valence-electron chi connectivity index (χ1n) is 8.47. The van der Waals surface area contributed by atoms with E-state index in [1.807, 2.05) is 26.0 Å². The van der Waals surface area contributed by atoms with Gasteiger partial charge in [-0.1, -0.05) is 12.1 Å². The molecule has 0 saturated carbocycles. The Kier molecular flexibility index (Phi) is 5.26. The zero-order valence-electron chi connectivity index (χ0n) is 15.2. The van der Waals surface area contributed by atoms with Gasteiger partial charge in [-0.05, 0) is 56.2 Å². The minimum atomic E-state index is -0.883. The van der Waals surface area contributed by atoms with E-state index < -0.39 is 23.5 Å². The van der Waals surface area contributed by atoms with Crippen molar-refractivity contribution in [2.45, 2.75) is 33.5 Å². The number of aryl methyl sites for hydroxylation is 2. The molecular formula is C21H19FO5. The van der Waals surface area contributed by atoms with Crippen molar-refractivity contribution in [1.29, 1.82) is 0 Å². The summed E-state index contributed by atoms with van der Waals surface area (Å²) in [5.74, 6) is -0.625. The minimum Gasteiger partial charge on any atom is -0.479 e. The van der Waals surface area contributed by atoms with Gasteiger partial charge in [-0.25, -0.2) is 14.0 Å². The molecule has 27 heavy (non-hydrogen) atoms. The summed E-state index contributed by atoms with van der Waals surface area (Å²) >= 11 is 0. The van der Waals surface area contributed by atoms with Crippen LogP contribution in [-0.2, 0) is 16.1 Å². The van der Waals surface area contributed by atoms with Crippen LogP contribution in [-0.4, -0.2) is 12.1 Å². The molecule has 0 unspecified atom stereocenters. The maximum Gasteiger partial charge on any atom is 0.347 e. The Hall–Kier alpha value is -3.15. The molecular weight excluding hydrogens is 351 g/mol. The van der Waals surface area contributed by atoms with Gasteiger partial charge in [-0.15, -0.1) is 0 Å². The first-order valence-corrected chi connectivity index (χ1v) is 8.47. The number of halogens is 1. The highest BCUT2D eigenvalue weighted by Gasteiger charge is 2.18. The quantitative estimate of drug-likeness (QED) is 0.501. The Morgan fingerprint density at radius 1 is 1.15 bits per heavy atom. The molecule has 0 fully saturated rings. The lowest BCUT2D eigenvalue weighted by Crippen LogP contribution is -2.26. The van der Waals surface area contributed by atoms with Gasteiger partial charge in [0.2, 0.25) is 0 Å². The second-order valence-electron chi connectivity index (χ2n) is 6.30. The lowest BCUT2D eigenvalue weighted by atomic mass is 10.0. The summed E-state index contributed by atoms with van der Waals surface area (Å²) in [5, 5.41) is 0.720. The summed E-state index contributed by atoms with van der Waals surface area (Å²) < 4.78 is 29.0. The van der Waals surface area contributed by atoms with E-state index in [1.54, 1.807) is 0 Å². The van der Waals surface area contributed by atoms with Crippen LogP contribution in [0.5, 0.6) is 5.75 Å². The summed E-state index contributed by atoms with van der Waals surface area (Å²) in [6.45, 7) is 5.25. The van der Waals surface area contributed by atoms with E-state index in [0.29, 0.717) is 16.9 Å². The number of fused-ring (bicyclic) bond motifs is 1. The largest absolute Gasteiger partial charge is 0.479 e. The first-order chi connectivity index (χ1) is 12.8. The molecule has 6 heteroatoms. The molecule has 1 atom stereocenters. The number of carbonyl (C=O) groups is 1. The molecule has 0 radical (unpaired) electrons. The van der Waals surface area contributed by atoms with Crippen LogP contribution in [0.25, 0.3) is 11.0 Å². The third-order valence-corrected chi connectivity index (χ3v) is 4.35. The SMILES string of the molecule is Cc1ccc2c(COC(=O)[C@H](C)Oc3ccc(F)cc3)cc(=O)oc2c1C. The highest BCUT2D eigenvalue weighted by molar-refractivity contribution is 5.84. The van der Waals surface area contributed by atoms with Gasteiger partial charge in [0.1, 0.15) is 23.8 Å². The topological polar surface area (TPSA) is 65.7 Å². The highest BCUT2D eigenvalue weighted by Crippen LogP contribution is 2.24. The number of ether oxygens (including phenoxy) is 2. The molecule has 140 valence electrons. The van der Waals surface area contributed by atoms with Crippen molar-refractivity contribution in [1.82, 2.24) is 0 Å². The molecule has 1 heterocycles. The number of carbonyl (C=O) groups excluding carboxylic acids is 1. The molecule has 0 aliphatic carbocycles. The number of benzene rings is 2. The van der Waals surface area contributed by atoms with E-state index in [4.69, 9.17) is 13.9 Å². The van der Waals surface area contributed by atoms with Crippen LogP contribution in [0.3, 0.4) is 0 Å². The molecule has 3 rings (SSSR count). The van der Waals surface area contributed by atoms with Gasteiger partial charge in [0, 0.05) is 17.0 Å². The van der Waals surface area contributed by atoms with Gasteiger partial charge in [-0.2, -0.15) is 0 Å². The van der Waals surface area contributed by atoms with Gasteiger partial charge in [-0.3, -0.25) is 0 Å². The summed E-state index contributed by atoms with van der Waals surface area (Å²) in [4.78, 5) is 24.1. The molecule has 0 spiro atoms. The second-order valence-corrected chi connectivity index (χ2v) is 6.30. The van der Waals surface area contributed by atoms with Gasteiger partial charge >= 0.3 is 11.6 Å². The van der Waals surface area contributed by atoms with Gasteiger partial charge in [0.25, 0.3) is 0 Å². The van der Waals surface area contributed by atoms with E-state index in [2.05, 4.69) is 0 Å². The Bertz CT molecular complexity index is 1040.